The summed E-state index contributed by atoms with van der Waals surface area (Å²) in [5.74, 6) is 0.640. The van der Waals surface area contributed by atoms with Gasteiger partial charge in [0.1, 0.15) is 5.02 Å². The van der Waals surface area contributed by atoms with E-state index in [-0.39, 0.29) is 0 Å². The van der Waals surface area contributed by atoms with Gasteiger partial charge >= 0.3 is 6.01 Å². The van der Waals surface area contributed by atoms with E-state index in [1.54, 1.807) is 0 Å². The molecule has 0 bridgehead atoms. The van der Waals surface area contributed by atoms with Gasteiger partial charge in [0.2, 0.25) is 0 Å². The van der Waals surface area contributed by atoms with Crippen LogP contribution in [0.3, 0.4) is 0 Å². The van der Waals surface area contributed by atoms with Crippen LogP contribution in [0.4, 0.5) is 5.82 Å². The average Bonchev–Trinajstić information content (AvgIpc) is 2.48. The van der Waals surface area contributed by atoms with Crippen molar-refractivity contribution in [3.8, 4) is 6.01 Å². The largest absolute Gasteiger partial charge is 0.467 e. The number of halogens is 1. The maximum atomic E-state index is 6.12. The molecule has 6 heteroatoms. The van der Waals surface area contributed by atoms with Crippen molar-refractivity contribution in [2.24, 2.45) is 5.73 Å². The number of nitrogens with two attached hydrogens (primary N) is 1. The summed E-state index contributed by atoms with van der Waals surface area (Å²) in [6, 6.07) is 8.43. The molecule has 0 aliphatic heterocycles. The van der Waals surface area contributed by atoms with E-state index in [0.29, 0.717) is 29.9 Å². The van der Waals surface area contributed by atoms with Gasteiger partial charge in [-0.25, -0.2) is 4.98 Å². The minimum absolute atomic E-state index is 0.301. The average molecular weight is 293 g/mol. The Labute approximate surface area is 123 Å². The number of rotatable bonds is 5. The summed E-state index contributed by atoms with van der Waals surface area (Å²) in [6.07, 6.45) is 1.54. The standard InChI is InChI=1S/C14H17ClN4O/c1-19(9-11-5-3-10(7-16)4-6-11)13-12(15)8-17-14(18-13)20-2/h3-6,8H,7,9,16H2,1-2H3. The quantitative estimate of drug-likeness (QED) is 0.915. The van der Waals surface area contributed by atoms with Gasteiger partial charge in [-0.3, -0.25) is 0 Å². The normalized spacial score (nSPS) is 10.4. The summed E-state index contributed by atoms with van der Waals surface area (Å²) in [6.45, 7) is 1.23. The Hall–Kier alpha value is -1.85. The SMILES string of the molecule is COc1ncc(Cl)c(N(C)Cc2ccc(CN)cc2)n1. The highest BCUT2D eigenvalue weighted by molar-refractivity contribution is 6.32. The van der Waals surface area contributed by atoms with E-state index in [0.717, 1.165) is 11.1 Å². The molecule has 2 rings (SSSR count). The van der Waals surface area contributed by atoms with E-state index >= 15 is 0 Å². The van der Waals surface area contributed by atoms with Gasteiger partial charge in [-0.2, -0.15) is 4.98 Å². The minimum atomic E-state index is 0.301. The predicted molar refractivity (Wildman–Crippen MR) is 80.0 cm³/mol. The van der Waals surface area contributed by atoms with Crippen LogP contribution in [0.25, 0.3) is 0 Å². The van der Waals surface area contributed by atoms with E-state index in [4.69, 9.17) is 22.1 Å². The Morgan fingerprint density at radius 3 is 2.50 bits per heavy atom. The molecule has 1 aromatic carbocycles. The van der Waals surface area contributed by atoms with Gasteiger partial charge < -0.3 is 15.4 Å². The summed E-state index contributed by atoms with van der Waals surface area (Å²) in [7, 11) is 3.45. The van der Waals surface area contributed by atoms with Gasteiger partial charge in [-0.15, -0.1) is 0 Å². The van der Waals surface area contributed by atoms with Crippen LogP contribution in [-0.4, -0.2) is 24.1 Å². The van der Waals surface area contributed by atoms with Crippen molar-refractivity contribution < 1.29 is 4.74 Å². The van der Waals surface area contributed by atoms with Crippen LogP contribution in [0.1, 0.15) is 11.1 Å². The maximum Gasteiger partial charge on any atom is 0.318 e. The highest BCUT2D eigenvalue weighted by atomic mass is 35.5. The second-order valence-corrected chi connectivity index (χ2v) is 4.81. The van der Waals surface area contributed by atoms with Gasteiger partial charge in [0.05, 0.1) is 13.3 Å². The lowest BCUT2D eigenvalue weighted by atomic mass is 10.1. The summed E-state index contributed by atoms with van der Waals surface area (Å²) < 4.78 is 5.02. The fourth-order valence-electron chi connectivity index (χ4n) is 1.84. The molecule has 0 aliphatic rings. The number of hydrogen-bond donors (Lipinski definition) is 1. The Balaban J connectivity index is 2.16. The summed E-state index contributed by atoms with van der Waals surface area (Å²) >= 11 is 6.12. The molecule has 20 heavy (non-hydrogen) atoms. The van der Waals surface area contributed by atoms with Crippen LogP contribution in [0.15, 0.2) is 30.5 Å². The second-order valence-electron chi connectivity index (χ2n) is 4.40. The molecule has 5 nitrogen and oxygen atoms in total. The first kappa shape index (κ1) is 14.6. The van der Waals surface area contributed by atoms with Gasteiger partial charge in [0.15, 0.2) is 5.82 Å². The fourth-order valence-corrected chi connectivity index (χ4v) is 2.07. The number of nitrogens with zero attached hydrogens (tertiary/aromatic N) is 3. The number of ether oxygens (including phenoxy) is 1. The third-order valence-electron chi connectivity index (χ3n) is 2.93. The zero-order valence-corrected chi connectivity index (χ0v) is 12.3. The van der Waals surface area contributed by atoms with Crippen LogP contribution in [-0.2, 0) is 13.1 Å². The van der Waals surface area contributed by atoms with Gasteiger partial charge in [-0.05, 0) is 11.1 Å². The smallest absolute Gasteiger partial charge is 0.318 e. The van der Waals surface area contributed by atoms with Crippen LogP contribution >= 0.6 is 11.6 Å². The fraction of sp³-hybridized carbons (Fsp3) is 0.286. The van der Waals surface area contributed by atoms with Crippen LogP contribution < -0.4 is 15.4 Å². The number of aromatic nitrogens is 2. The van der Waals surface area contributed by atoms with E-state index in [9.17, 15) is 0 Å². The van der Waals surface area contributed by atoms with E-state index in [1.165, 1.54) is 13.3 Å². The van der Waals surface area contributed by atoms with Crippen LogP contribution in [0.2, 0.25) is 5.02 Å². The Morgan fingerprint density at radius 2 is 1.90 bits per heavy atom. The molecule has 0 fully saturated rings. The maximum absolute atomic E-state index is 6.12. The Kier molecular flexibility index (Phi) is 4.76. The monoisotopic (exact) mass is 292 g/mol. The molecule has 106 valence electrons. The van der Waals surface area contributed by atoms with E-state index in [1.807, 2.05) is 36.2 Å². The molecule has 2 aromatic rings. The highest BCUT2D eigenvalue weighted by Crippen LogP contribution is 2.24. The molecule has 0 unspecified atom stereocenters. The molecule has 0 amide bonds. The first-order chi connectivity index (χ1) is 9.63. The predicted octanol–water partition coefficient (Wildman–Crippen LogP) is 2.23. The number of methoxy groups -OCH3 is 1. The molecule has 0 saturated heterocycles. The Bertz CT molecular complexity index is 574. The van der Waals surface area contributed by atoms with Crippen LogP contribution in [0, 0.1) is 0 Å². The molecule has 0 aliphatic carbocycles. The second kappa shape index (κ2) is 6.54. The molecule has 0 spiro atoms. The molecule has 1 aromatic heterocycles. The summed E-state index contributed by atoms with van der Waals surface area (Å²) in [4.78, 5) is 10.2. The number of anilines is 1. The van der Waals surface area contributed by atoms with Crippen molar-refractivity contribution in [1.29, 1.82) is 0 Å². The first-order valence-corrected chi connectivity index (χ1v) is 6.57. The minimum Gasteiger partial charge on any atom is -0.467 e. The number of hydrogen-bond acceptors (Lipinski definition) is 5. The van der Waals surface area contributed by atoms with Crippen molar-refractivity contribution in [3.05, 3.63) is 46.6 Å². The highest BCUT2D eigenvalue weighted by Gasteiger charge is 2.11. The lowest BCUT2D eigenvalue weighted by Crippen LogP contribution is -2.18. The number of benzene rings is 1. The summed E-state index contributed by atoms with van der Waals surface area (Å²) in [5, 5.41) is 0.492. The van der Waals surface area contributed by atoms with Crippen molar-refractivity contribution in [1.82, 2.24) is 9.97 Å². The molecule has 0 atom stereocenters. The van der Waals surface area contributed by atoms with E-state index < -0.39 is 0 Å². The lowest BCUT2D eigenvalue weighted by Gasteiger charge is -2.19. The zero-order chi connectivity index (χ0) is 14.5. The molecule has 0 saturated carbocycles. The summed E-state index contributed by atoms with van der Waals surface area (Å²) in [5.41, 5.74) is 7.85. The topological polar surface area (TPSA) is 64.3 Å². The van der Waals surface area contributed by atoms with Gasteiger partial charge in [0.25, 0.3) is 0 Å². The molecule has 0 radical (unpaired) electrons. The van der Waals surface area contributed by atoms with Gasteiger partial charge in [0, 0.05) is 20.1 Å². The zero-order valence-electron chi connectivity index (χ0n) is 11.5. The van der Waals surface area contributed by atoms with Gasteiger partial charge in [-0.1, -0.05) is 35.9 Å². The first-order valence-electron chi connectivity index (χ1n) is 6.19. The van der Waals surface area contributed by atoms with Crippen molar-refractivity contribution in [2.45, 2.75) is 13.1 Å². The van der Waals surface area contributed by atoms with Crippen LogP contribution in [0.5, 0.6) is 6.01 Å². The van der Waals surface area contributed by atoms with Crippen molar-refractivity contribution in [2.75, 3.05) is 19.1 Å². The third kappa shape index (κ3) is 3.37. The molecular weight excluding hydrogens is 276 g/mol. The molecule has 2 N–H and O–H groups in total. The third-order valence-corrected chi connectivity index (χ3v) is 3.19. The van der Waals surface area contributed by atoms with Crippen molar-refractivity contribution >= 4 is 17.4 Å². The van der Waals surface area contributed by atoms with Crippen molar-refractivity contribution in [3.63, 3.8) is 0 Å². The Morgan fingerprint density at radius 1 is 1.25 bits per heavy atom. The lowest BCUT2D eigenvalue weighted by molar-refractivity contribution is 0.380. The van der Waals surface area contributed by atoms with E-state index in [2.05, 4.69) is 9.97 Å². The molecular formula is C14H17ClN4O. The molecule has 1 heterocycles.